The van der Waals surface area contributed by atoms with Crippen LogP contribution in [-0.4, -0.2) is 28.6 Å². The summed E-state index contributed by atoms with van der Waals surface area (Å²) in [5, 5.41) is 9.71. The van der Waals surface area contributed by atoms with Crippen molar-refractivity contribution in [3.63, 3.8) is 0 Å². The number of carboxylic acids is 1. The summed E-state index contributed by atoms with van der Waals surface area (Å²) >= 11 is 5.88. The van der Waals surface area contributed by atoms with Gasteiger partial charge in [-0.1, -0.05) is 11.6 Å². The van der Waals surface area contributed by atoms with Gasteiger partial charge in [-0.2, -0.15) is 4.98 Å². The minimum Gasteiger partial charge on any atom is -0.480 e. The zero-order valence-electron chi connectivity index (χ0n) is 9.47. The molecule has 0 saturated carbocycles. The maximum Gasteiger partial charge on any atom is 0.326 e. The Bertz CT molecular complexity index is 610. The molecular formula is C12H11ClN2O3. The van der Waals surface area contributed by atoms with Crippen LogP contribution in [0.25, 0.3) is 11.1 Å². The van der Waals surface area contributed by atoms with E-state index in [2.05, 4.69) is 4.98 Å². The highest BCUT2D eigenvalue weighted by molar-refractivity contribution is 6.31. The molecule has 0 bridgehead atoms. The molecule has 0 spiro atoms. The highest BCUT2D eigenvalue weighted by atomic mass is 35.5. The first-order valence-electron chi connectivity index (χ1n) is 5.71. The molecular weight excluding hydrogens is 256 g/mol. The van der Waals surface area contributed by atoms with E-state index in [0.717, 1.165) is 6.42 Å². The third-order valence-electron chi connectivity index (χ3n) is 3.12. The lowest BCUT2D eigenvalue weighted by atomic mass is 10.2. The predicted molar refractivity (Wildman–Crippen MR) is 67.0 cm³/mol. The van der Waals surface area contributed by atoms with Gasteiger partial charge in [0, 0.05) is 11.6 Å². The van der Waals surface area contributed by atoms with Crippen LogP contribution in [0, 0.1) is 0 Å². The topological polar surface area (TPSA) is 66.6 Å². The van der Waals surface area contributed by atoms with Gasteiger partial charge in [-0.15, -0.1) is 0 Å². The number of benzene rings is 1. The molecule has 1 saturated heterocycles. The van der Waals surface area contributed by atoms with Crippen molar-refractivity contribution in [1.29, 1.82) is 0 Å². The highest BCUT2D eigenvalue weighted by Crippen LogP contribution is 2.29. The lowest BCUT2D eigenvalue weighted by Crippen LogP contribution is -2.36. The van der Waals surface area contributed by atoms with Gasteiger partial charge in [-0.3, -0.25) is 0 Å². The molecule has 1 fully saturated rings. The lowest BCUT2D eigenvalue weighted by Gasteiger charge is -2.18. The fourth-order valence-corrected chi connectivity index (χ4v) is 2.43. The van der Waals surface area contributed by atoms with Crippen molar-refractivity contribution in [2.24, 2.45) is 0 Å². The number of aromatic nitrogens is 1. The zero-order chi connectivity index (χ0) is 12.7. The Labute approximate surface area is 108 Å². The largest absolute Gasteiger partial charge is 0.480 e. The molecule has 3 rings (SSSR count). The van der Waals surface area contributed by atoms with Gasteiger partial charge in [0.25, 0.3) is 6.01 Å². The molecule has 1 aliphatic heterocycles. The molecule has 0 unspecified atom stereocenters. The minimum atomic E-state index is -0.840. The second-order valence-electron chi connectivity index (χ2n) is 4.30. The summed E-state index contributed by atoms with van der Waals surface area (Å²) in [6, 6.07) is 4.97. The molecule has 6 heteroatoms. The Balaban J connectivity index is 2.01. The van der Waals surface area contributed by atoms with Gasteiger partial charge in [0.15, 0.2) is 5.58 Å². The molecule has 1 atom stereocenters. The number of anilines is 1. The van der Waals surface area contributed by atoms with Crippen LogP contribution < -0.4 is 4.90 Å². The first-order valence-corrected chi connectivity index (χ1v) is 6.08. The summed E-state index contributed by atoms with van der Waals surface area (Å²) in [5.74, 6) is -0.840. The van der Waals surface area contributed by atoms with E-state index in [0.29, 0.717) is 35.1 Å². The smallest absolute Gasteiger partial charge is 0.326 e. The van der Waals surface area contributed by atoms with Crippen molar-refractivity contribution in [2.45, 2.75) is 18.9 Å². The van der Waals surface area contributed by atoms with Crippen molar-refractivity contribution >= 4 is 34.7 Å². The third-order valence-corrected chi connectivity index (χ3v) is 3.36. The van der Waals surface area contributed by atoms with Crippen LogP contribution in [0.15, 0.2) is 22.6 Å². The number of hydrogen-bond acceptors (Lipinski definition) is 4. The molecule has 2 aromatic rings. The number of aliphatic carboxylic acids is 1. The first kappa shape index (κ1) is 11.3. The third kappa shape index (κ3) is 1.80. The lowest BCUT2D eigenvalue weighted by molar-refractivity contribution is -0.138. The second-order valence-corrected chi connectivity index (χ2v) is 4.73. The maximum absolute atomic E-state index is 11.1. The maximum atomic E-state index is 11.1. The number of halogens is 1. The highest BCUT2D eigenvalue weighted by Gasteiger charge is 2.33. The van der Waals surface area contributed by atoms with Crippen LogP contribution in [-0.2, 0) is 4.79 Å². The predicted octanol–water partition coefficient (Wildman–Crippen LogP) is 2.53. The first-order chi connectivity index (χ1) is 8.65. The van der Waals surface area contributed by atoms with Gasteiger partial charge in [0.2, 0.25) is 0 Å². The molecule has 1 aromatic heterocycles. The average molecular weight is 267 g/mol. The van der Waals surface area contributed by atoms with E-state index in [1.807, 2.05) is 0 Å². The fraction of sp³-hybridized carbons (Fsp3) is 0.333. The number of hydrogen-bond donors (Lipinski definition) is 1. The Morgan fingerprint density at radius 1 is 1.56 bits per heavy atom. The molecule has 5 nitrogen and oxygen atoms in total. The van der Waals surface area contributed by atoms with Gasteiger partial charge < -0.3 is 14.4 Å². The fourth-order valence-electron chi connectivity index (χ4n) is 2.26. The Hall–Kier alpha value is -1.75. The number of rotatable bonds is 2. The quantitative estimate of drug-likeness (QED) is 0.905. The summed E-state index contributed by atoms with van der Waals surface area (Å²) in [5.41, 5.74) is 1.26. The molecule has 0 aliphatic carbocycles. The van der Waals surface area contributed by atoms with E-state index < -0.39 is 12.0 Å². The van der Waals surface area contributed by atoms with Crippen LogP contribution in [0.5, 0.6) is 0 Å². The standard InChI is InChI=1S/C12H11ClN2O3/c13-7-3-4-10-8(6-7)14-12(18-10)15-5-1-2-9(15)11(16)17/h3-4,6,9H,1-2,5H2,(H,16,17)/t9-/m0/s1. The van der Waals surface area contributed by atoms with Crippen molar-refractivity contribution in [2.75, 3.05) is 11.4 Å². The van der Waals surface area contributed by atoms with Gasteiger partial charge >= 0.3 is 5.97 Å². The van der Waals surface area contributed by atoms with Crippen molar-refractivity contribution in [1.82, 2.24) is 4.98 Å². The van der Waals surface area contributed by atoms with Gasteiger partial charge in [-0.05, 0) is 31.0 Å². The second kappa shape index (κ2) is 4.17. The van der Waals surface area contributed by atoms with Crippen LogP contribution in [0.4, 0.5) is 6.01 Å². The molecule has 94 valence electrons. The Morgan fingerprint density at radius 3 is 3.17 bits per heavy atom. The summed E-state index contributed by atoms with van der Waals surface area (Å²) in [4.78, 5) is 17.1. The van der Waals surface area contributed by atoms with E-state index in [1.165, 1.54) is 0 Å². The van der Waals surface area contributed by atoms with Crippen molar-refractivity contribution in [3.8, 4) is 0 Å². The molecule has 2 heterocycles. The summed E-state index contributed by atoms with van der Waals surface area (Å²) in [6.07, 6.45) is 1.45. The molecule has 0 amide bonds. The zero-order valence-corrected chi connectivity index (χ0v) is 10.2. The number of fused-ring (bicyclic) bond motifs is 1. The molecule has 1 aliphatic rings. The monoisotopic (exact) mass is 266 g/mol. The van der Waals surface area contributed by atoms with Crippen LogP contribution in [0.2, 0.25) is 5.02 Å². The van der Waals surface area contributed by atoms with E-state index in [-0.39, 0.29) is 0 Å². The number of carbonyl (C=O) groups is 1. The van der Waals surface area contributed by atoms with Gasteiger partial charge in [-0.25, -0.2) is 4.79 Å². The van der Waals surface area contributed by atoms with E-state index in [1.54, 1.807) is 23.1 Å². The van der Waals surface area contributed by atoms with Crippen molar-refractivity contribution < 1.29 is 14.3 Å². The average Bonchev–Trinajstić information content (AvgIpc) is 2.93. The molecule has 1 N–H and O–H groups in total. The van der Waals surface area contributed by atoms with Gasteiger partial charge in [0.05, 0.1) is 0 Å². The van der Waals surface area contributed by atoms with Gasteiger partial charge in [0.1, 0.15) is 11.6 Å². The number of nitrogens with zero attached hydrogens (tertiary/aromatic N) is 2. The summed E-state index contributed by atoms with van der Waals surface area (Å²) < 4.78 is 5.58. The van der Waals surface area contributed by atoms with E-state index in [9.17, 15) is 4.79 Å². The SMILES string of the molecule is O=C(O)[C@@H]1CCCN1c1nc2cc(Cl)ccc2o1. The van der Waals surface area contributed by atoms with Crippen LogP contribution in [0.1, 0.15) is 12.8 Å². The molecule has 1 aromatic carbocycles. The number of oxazole rings is 1. The molecule has 0 radical (unpaired) electrons. The minimum absolute atomic E-state index is 0.358. The number of carboxylic acid groups (broad SMARTS) is 1. The Morgan fingerprint density at radius 2 is 2.39 bits per heavy atom. The molecule has 18 heavy (non-hydrogen) atoms. The van der Waals surface area contributed by atoms with Crippen molar-refractivity contribution in [3.05, 3.63) is 23.2 Å². The van der Waals surface area contributed by atoms with Crippen LogP contribution >= 0.6 is 11.6 Å². The van der Waals surface area contributed by atoms with E-state index >= 15 is 0 Å². The Kier molecular flexibility index (Phi) is 2.63. The summed E-state index contributed by atoms with van der Waals surface area (Å²) in [7, 11) is 0. The summed E-state index contributed by atoms with van der Waals surface area (Å²) in [6.45, 7) is 0.650. The van der Waals surface area contributed by atoms with Crippen LogP contribution in [0.3, 0.4) is 0 Å². The normalized spacial score (nSPS) is 19.6. The van der Waals surface area contributed by atoms with E-state index in [4.69, 9.17) is 21.1 Å².